The van der Waals surface area contributed by atoms with Crippen molar-refractivity contribution in [3.05, 3.63) is 24.3 Å². The average molecular weight is 182 g/mol. The molecule has 13 heavy (non-hydrogen) atoms. The standard InChI is InChI=1S/C12H22O/c1-2-3-4-5-6-7-8-9-10-11-12-13/h7-10,13H,2-6,11-12H2,1H3. The Bertz CT molecular complexity index is 136. The highest BCUT2D eigenvalue weighted by Gasteiger charge is 1.82. The lowest BCUT2D eigenvalue weighted by Gasteiger charge is -1.92. The van der Waals surface area contributed by atoms with E-state index in [9.17, 15) is 0 Å². The number of allylic oxidation sites excluding steroid dienone is 3. The molecule has 0 aromatic heterocycles. The Morgan fingerprint density at radius 1 is 0.923 bits per heavy atom. The summed E-state index contributed by atoms with van der Waals surface area (Å²) in [5.74, 6) is 0. The number of rotatable bonds is 8. The van der Waals surface area contributed by atoms with Crippen molar-refractivity contribution in [1.29, 1.82) is 0 Å². The lowest BCUT2D eigenvalue weighted by molar-refractivity contribution is 0.302. The quantitative estimate of drug-likeness (QED) is 0.450. The monoisotopic (exact) mass is 182 g/mol. The topological polar surface area (TPSA) is 20.2 Å². The van der Waals surface area contributed by atoms with Crippen LogP contribution in [0.25, 0.3) is 0 Å². The zero-order valence-electron chi connectivity index (χ0n) is 8.71. The zero-order valence-corrected chi connectivity index (χ0v) is 8.71. The van der Waals surface area contributed by atoms with Crippen molar-refractivity contribution in [2.75, 3.05) is 6.61 Å². The summed E-state index contributed by atoms with van der Waals surface area (Å²) >= 11 is 0. The summed E-state index contributed by atoms with van der Waals surface area (Å²) in [5.41, 5.74) is 0. The zero-order chi connectivity index (χ0) is 9.78. The van der Waals surface area contributed by atoms with Gasteiger partial charge in [-0.05, 0) is 19.3 Å². The molecule has 0 saturated carbocycles. The molecule has 1 heteroatoms. The largest absolute Gasteiger partial charge is 0.396 e. The number of hydrogen-bond donors (Lipinski definition) is 1. The summed E-state index contributed by atoms with van der Waals surface area (Å²) in [6, 6.07) is 0. The van der Waals surface area contributed by atoms with Gasteiger partial charge < -0.3 is 5.11 Å². The Labute approximate surface area is 82.2 Å². The van der Waals surface area contributed by atoms with E-state index in [4.69, 9.17) is 5.11 Å². The molecule has 0 aliphatic carbocycles. The van der Waals surface area contributed by atoms with Crippen molar-refractivity contribution < 1.29 is 5.11 Å². The van der Waals surface area contributed by atoms with E-state index < -0.39 is 0 Å². The second-order valence-corrected chi connectivity index (χ2v) is 3.22. The van der Waals surface area contributed by atoms with Crippen LogP contribution in [0.2, 0.25) is 0 Å². The van der Waals surface area contributed by atoms with Gasteiger partial charge in [-0.2, -0.15) is 0 Å². The second kappa shape index (κ2) is 11.4. The van der Waals surface area contributed by atoms with Crippen molar-refractivity contribution >= 4 is 0 Å². The van der Waals surface area contributed by atoms with E-state index in [2.05, 4.69) is 19.1 Å². The third kappa shape index (κ3) is 11.4. The molecule has 1 nitrogen and oxygen atoms in total. The van der Waals surface area contributed by atoms with Crippen molar-refractivity contribution in [1.82, 2.24) is 0 Å². The van der Waals surface area contributed by atoms with Gasteiger partial charge in [0, 0.05) is 6.61 Å². The molecule has 0 aliphatic rings. The van der Waals surface area contributed by atoms with Gasteiger partial charge in [0.1, 0.15) is 0 Å². The number of unbranched alkanes of at least 4 members (excludes halogenated alkanes) is 4. The van der Waals surface area contributed by atoms with Gasteiger partial charge >= 0.3 is 0 Å². The van der Waals surface area contributed by atoms with Crippen molar-refractivity contribution in [2.24, 2.45) is 0 Å². The fraction of sp³-hybridized carbons (Fsp3) is 0.667. The Morgan fingerprint density at radius 3 is 2.23 bits per heavy atom. The first-order chi connectivity index (χ1) is 6.41. The van der Waals surface area contributed by atoms with Crippen LogP contribution < -0.4 is 0 Å². The Morgan fingerprint density at radius 2 is 1.62 bits per heavy atom. The average Bonchev–Trinajstić information content (AvgIpc) is 2.16. The van der Waals surface area contributed by atoms with Crippen LogP contribution in [0.3, 0.4) is 0 Å². The van der Waals surface area contributed by atoms with E-state index in [1.165, 1.54) is 32.1 Å². The SMILES string of the molecule is CCCCCCC=CC=CCCO. The molecule has 0 amide bonds. The van der Waals surface area contributed by atoms with E-state index in [1.807, 2.05) is 12.2 Å². The molecular weight excluding hydrogens is 160 g/mol. The molecule has 0 bridgehead atoms. The maximum atomic E-state index is 8.49. The second-order valence-electron chi connectivity index (χ2n) is 3.22. The van der Waals surface area contributed by atoms with Crippen LogP contribution in [0.5, 0.6) is 0 Å². The third-order valence-electron chi connectivity index (χ3n) is 1.90. The number of hydrogen-bond acceptors (Lipinski definition) is 1. The summed E-state index contributed by atoms with van der Waals surface area (Å²) in [5, 5.41) is 8.49. The first-order valence-corrected chi connectivity index (χ1v) is 5.34. The van der Waals surface area contributed by atoms with Crippen molar-refractivity contribution in [2.45, 2.75) is 45.4 Å². The number of aliphatic hydroxyl groups excluding tert-OH is 1. The van der Waals surface area contributed by atoms with Gasteiger partial charge in [0.15, 0.2) is 0 Å². The predicted molar refractivity (Wildman–Crippen MR) is 58.7 cm³/mol. The van der Waals surface area contributed by atoms with E-state index in [0.717, 1.165) is 6.42 Å². The normalized spacial score (nSPS) is 11.8. The molecule has 0 unspecified atom stereocenters. The minimum atomic E-state index is 0.251. The molecule has 0 aromatic carbocycles. The lowest BCUT2D eigenvalue weighted by Crippen LogP contribution is -1.74. The molecule has 0 spiro atoms. The molecule has 0 radical (unpaired) electrons. The van der Waals surface area contributed by atoms with Gasteiger partial charge in [0.05, 0.1) is 0 Å². The Hall–Kier alpha value is -0.560. The summed E-state index contributed by atoms with van der Waals surface area (Å²) in [6.45, 7) is 2.48. The molecule has 76 valence electrons. The van der Waals surface area contributed by atoms with Crippen LogP contribution in [-0.2, 0) is 0 Å². The van der Waals surface area contributed by atoms with Gasteiger partial charge in [-0.1, -0.05) is 50.5 Å². The van der Waals surface area contributed by atoms with Gasteiger partial charge in [0.2, 0.25) is 0 Å². The van der Waals surface area contributed by atoms with E-state index in [1.54, 1.807) is 0 Å². The summed E-state index contributed by atoms with van der Waals surface area (Å²) < 4.78 is 0. The summed E-state index contributed by atoms with van der Waals surface area (Å²) in [6.07, 6.45) is 15.5. The lowest BCUT2D eigenvalue weighted by atomic mass is 10.1. The summed E-state index contributed by atoms with van der Waals surface area (Å²) in [7, 11) is 0. The van der Waals surface area contributed by atoms with Gasteiger partial charge in [-0.15, -0.1) is 0 Å². The molecule has 0 aliphatic heterocycles. The van der Waals surface area contributed by atoms with E-state index in [-0.39, 0.29) is 6.61 Å². The van der Waals surface area contributed by atoms with Crippen molar-refractivity contribution in [3.8, 4) is 0 Å². The van der Waals surface area contributed by atoms with Gasteiger partial charge in [-0.25, -0.2) is 0 Å². The Balaban J connectivity index is 3.12. The van der Waals surface area contributed by atoms with E-state index >= 15 is 0 Å². The molecule has 0 heterocycles. The maximum Gasteiger partial charge on any atom is 0.0465 e. The van der Waals surface area contributed by atoms with Crippen LogP contribution >= 0.6 is 0 Å². The highest BCUT2D eigenvalue weighted by Crippen LogP contribution is 2.02. The molecule has 1 N–H and O–H groups in total. The van der Waals surface area contributed by atoms with Crippen molar-refractivity contribution in [3.63, 3.8) is 0 Å². The molecule has 0 fully saturated rings. The van der Waals surface area contributed by atoms with E-state index in [0.29, 0.717) is 0 Å². The molecular formula is C12H22O. The fourth-order valence-electron chi connectivity index (χ4n) is 1.11. The van der Waals surface area contributed by atoms with Crippen LogP contribution in [0.4, 0.5) is 0 Å². The van der Waals surface area contributed by atoms with Crippen LogP contribution in [0.1, 0.15) is 45.4 Å². The highest BCUT2D eigenvalue weighted by atomic mass is 16.2. The van der Waals surface area contributed by atoms with Gasteiger partial charge in [0.25, 0.3) is 0 Å². The summed E-state index contributed by atoms with van der Waals surface area (Å²) in [4.78, 5) is 0. The first kappa shape index (κ1) is 12.4. The molecule has 0 saturated heterocycles. The Kier molecular flexibility index (Phi) is 10.9. The predicted octanol–water partition coefficient (Wildman–Crippen LogP) is 3.45. The maximum absolute atomic E-state index is 8.49. The minimum Gasteiger partial charge on any atom is -0.396 e. The smallest absolute Gasteiger partial charge is 0.0465 e. The molecule has 0 rings (SSSR count). The molecule has 0 atom stereocenters. The van der Waals surface area contributed by atoms with Gasteiger partial charge in [-0.3, -0.25) is 0 Å². The number of aliphatic hydroxyl groups is 1. The third-order valence-corrected chi connectivity index (χ3v) is 1.90. The molecule has 0 aromatic rings. The minimum absolute atomic E-state index is 0.251. The van der Waals surface area contributed by atoms with Crippen LogP contribution in [-0.4, -0.2) is 11.7 Å². The highest BCUT2D eigenvalue weighted by molar-refractivity contribution is 5.02. The fourth-order valence-corrected chi connectivity index (χ4v) is 1.11. The van der Waals surface area contributed by atoms with Crippen LogP contribution in [0.15, 0.2) is 24.3 Å². The first-order valence-electron chi connectivity index (χ1n) is 5.34. The van der Waals surface area contributed by atoms with Crippen LogP contribution in [0, 0.1) is 0 Å².